The Labute approximate surface area is 139 Å². The van der Waals surface area contributed by atoms with Gasteiger partial charge in [0.05, 0.1) is 12.5 Å². The molecule has 0 aliphatic heterocycles. The molecular weight excluding hydrogens is 304 g/mol. The topological polar surface area (TPSA) is 70.5 Å². The lowest BCUT2D eigenvalue weighted by atomic mass is 10.1. The molecule has 1 N–H and O–H groups in total. The number of rotatable bonds is 4. The van der Waals surface area contributed by atoms with Crippen LogP contribution in [0.5, 0.6) is 0 Å². The Hall–Kier alpha value is -2.89. The van der Waals surface area contributed by atoms with Crippen LogP contribution in [0.4, 0.5) is 0 Å². The minimum atomic E-state index is -0.225. The summed E-state index contributed by atoms with van der Waals surface area (Å²) < 4.78 is 1.36. The lowest BCUT2D eigenvalue weighted by Crippen LogP contribution is -2.33. The highest BCUT2D eigenvalue weighted by molar-refractivity contribution is 5.79. The first-order chi connectivity index (χ1) is 11.5. The van der Waals surface area contributed by atoms with Crippen LogP contribution < -0.4 is 5.56 Å². The number of aryl methyl sites for hydroxylation is 1. The van der Waals surface area contributed by atoms with Gasteiger partial charge in [0.1, 0.15) is 0 Å². The number of amides is 1. The average Bonchev–Trinajstić information content (AvgIpc) is 3.06. The van der Waals surface area contributed by atoms with Gasteiger partial charge in [-0.05, 0) is 19.4 Å². The molecule has 6 nitrogen and oxygen atoms in total. The molecule has 0 saturated heterocycles. The fraction of sp³-hybridized carbons (Fsp3) is 0.278. The molecule has 0 spiro atoms. The second-order valence-electron chi connectivity index (χ2n) is 5.91. The van der Waals surface area contributed by atoms with Crippen LogP contribution in [0.3, 0.4) is 0 Å². The summed E-state index contributed by atoms with van der Waals surface area (Å²) in [7, 11) is 1.76. The number of aromatic nitrogens is 3. The Morgan fingerprint density at radius 3 is 2.71 bits per heavy atom. The van der Waals surface area contributed by atoms with Gasteiger partial charge in [-0.15, -0.1) is 0 Å². The summed E-state index contributed by atoms with van der Waals surface area (Å²) in [5.41, 5.74) is 2.40. The number of H-pyrrole nitrogens is 1. The van der Waals surface area contributed by atoms with E-state index in [1.165, 1.54) is 4.52 Å². The van der Waals surface area contributed by atoms with Crippen LogP contribution in [-0.4, -0.2) is 32.5 Å². The minimum absolute atomic E-state index is 0.0350. The van der Waals surface area contributed by atoms with Crippen molar-refractivity contribution in [3.05, 3.63) is 69.8 Å². The largest absolute Gasteiger partial charge is 0.339 e. The number of hydrogen-bond acceptors (Lipinski definition) is 3. The zero-order chi connectivity index (χ0) is 17.3. The molecule has 2 aromatic heterocycles. The number of carbonyl (C=O) groups excluding carboxylic acids is 1. The summed E-state index contributed by atoms with van der Waals surface area (Å²) in [5, 5.41) is 2.82. The molecule has 1 aromatic carbocycles. The number of aromatic amines is 1. The van der Waals surface area contributed by atoms with Gasteiger partial charge in [0.15, 0.2) is 5.65 Å². The lowest BCUT2D eigenvalue weighted by molar-refractivity contribution is -0.131. The monoisotopic (exact) mass is 324 g/mol. The van der Waals surface area contributed by atoms with E-state index < -0.39 is 0 Å². The fourth-order valence-electron chi connectivity index (χ4n) is 2.76. The van der Waals surface area contributed by atoms with Crippen molar-refractivity contribution in [1.29, 1.82) is 0 Å². The highest BCUT2D eigenvalue weighted by Gasteiger charge is 2.21. The number of hydrogen-bond donors (Lipinski definition) is 1. The summed E-state index contributed by atoms with van der Waals surface area (Å²) >= 11 is 0. The van der Waals surface area contributed by atoms with Gasteiger partial charge in [-0.1, -0.05) is 30.3 Å². The molecule has 3 rings (SSSR count). The molecule has 0 unspecified atom stereocenters. The Bertz CT molecular complexity index is 927. The molecule has 0 aliphatic carbocycles. The maximum Gasteiger partial charge on any atom is 0.276 e. The fourth-order valence-corrected chi connectivity index (χ4v) is 2.76. The van der Waals surface area contributed by atoms with Gasteiger partial charge >= 0.3 is 0 Å². The van der Waals surface area contributed by atoms with Crippen molar-refractivity contribution in [1.82, 2.24) is 19.5 Å². The van der Waals surface area contributed by atoms with E-state index >= 15 is 0 Å². The van der Waals surface area contributed by atoms with Crippen molar-refractivity contribution < 1.29 is 4.79 Å². The van der Waals surface area contributed by atoms with Crippen LogP contribution in [0.25, 0.3) is 5.65 Å². The Balaban J connectivity index is 1.86. The second-order valence-corrected chi connectivity index (χ2v) is 5.91. The highest BCUT2D eigenvalue weighted by atomic mass is 16.2. The van der Waals surface area contributed by atoms with Crippen LogP contribution >= 0.6 is 0 Å². The van der Waals surface area contributed by atoms with Gasteiger partial charge < -0.3 is 4.90 Å². The summed E-state index contributed by atoms with van der Waals surface area (Å²) in [5.74, 6) is -0.111. The summed E-state index contributed by atoms with van der Waals surface area (Å²) in [6, 6.07) is 11.5. The molecule has 0 saturated carbocycles. The molecular formula is C18H20N4O2. The number of carbonyl (C=O) groups is 1. The normalized spacial score (nSPS) is 12.3. The predicted octanol–water partition coefficient (Wildman–Crippen LogP) is 2.09. The van der Waals surface area contributed by atoms with Gasteiger partial charge in [0.2, 0.25) is 5.91 Å². The van der Waals surface area contributed by atoms with Gasteiger partial charge in [-0.2, -0.15) is 0 Å². The van der Waals surface area contributed by atoms with Gasteiger partial charge in [0.25, 0.3) is 5.56 Å². The standard InChI is InChI=1S/C18H20N4O2/c1-12-15(18(24)22-16(20-12)9-10-19-22)11-17(23)21(3)13(2)14-7-5-4-6-8-14/h4-10,13,19H,11H2,1-3H3/t13-/m0/s1. The maximum absolute atomic E-state index is 12.6. The van der Waals surface area contributed by atoms with Crippen LogP contribution in [0, 0.1) is 6.92 Å². The minimum Gasteiger partial charge on any atom is -0.339 e. The highest BCUT2D eigenvalue weighted by Crippen LogP contribution is 2.19. The van der Waals surface area contributed by atoms with Gasteiger partial charge in [-0.25, -0.2) is 9.50 Å². The zero-order valence-corrected chi connectivity index (χ0v) is 14.0. The summed E-state index contributed by atoms with van der Waals surface area (Å²) in [6.07, 6.45) is 1.69. The van der Waals surface area contributed by atoms with E-state index in [1.807, 2.05) is 37.3 Å². The first kappa shape index (κ1) is 16.0. The third kappa shape index (κ3) is 2.82. The molecule has 0 aliphatic rings. The van der Waals surface area contributed by atoms with Crippen molar-refractivity contribution in [3.63, 3.8) is 0 Å². The summed E-state index contributed by atoms with van der Waals surface area (Å²) in [4.78, 5) is 31.2. The zero-order valence-electron chi connectivity index (χ0n) is 14.0. The molecule has 0 bridgehead atoms. The molecule has 124 valence electrons. The number of nitrogens with zero attached hydrogens (tertiary/aromatic N) is 3. The molecule has 6 heteroatoms. The number of benzene rings is 1. The second kappa shape index (κ2) is 6.31. The summed E-state index contributed by atoms with van der Waals surface area (Å²) in [6.45, 7) is 3.73. The quantitative estimate of drug-likeness (QED) is 0.799. The van der Waals surface area contributed by atoms with Gasteiger partial charge in [-0.3, -0.25) is 14.7 Å². The van der Waals surface area contributed by atoms with E-state index in [2.05, 4.69) is 10.1 Å². The first-order valence-corrected chi connectivity index (χ1v) is 7.85. The lowest BCUT2D eigenvalue weighted by Gasteiger charge is -2.25. The molecule has 1 amide bonds. The Morgan fingerprint density at radius 1 is 1.29 bits per heavy atom. The molecule has 3 aromatic rings. The number of fused-ring (bicyclic) bond motifs is 1. The SMILES string of the molecule is Cc1nc2cc[nH]n2c(=O)c1CC(=O)N(C)[C@@H](C)c1ccccc1. The molecule has 0 fully saturated rings. The predicted molar refractivity (Wildman–Crippen MR) is 91.9 cm³/mol. The van der Waals surface area contributed by atoms with Crippen molar-refractivity contribution in [2.45, 2.75) is 26.3 Å². The van der Waals surface area contributed by atoms with E-state index in [0.29, 0.717) is 16.9 Å². The van der Waals surface area contributed by atoms with E-state index in [9.17, 15) is 9.59 Å². The number of likely N-dealkylation sites (N-methyl/N-ethyl adjacent to an activating group) is 1. The number of nitrogens with one attached hydrogen (secondary N) is 1. The van der Waals surface area contributed by atoms with Crippen LogP contribution in [0.1, 0.15) is 29.8 Å². The third-order valence-electron chi connectivity index (χ3n) is 4.43. The Morgan fingerprint density at radius 2 is 2.00 bits per heavy atom. The van der Waals surface area contributed by atoms with E-state index in [0.717, 1.165) is 5.56 Å². The van der Waals surface area contributed by atoms with Crippen molar-refractivity contribution in [2.75, 3.05) is 7.05 Å². The first-order valence-electron chi connectivity index (χ1n) is 7.85. The molecule has 24 heavy (non-hydrogen) atoms. The van der Waals surface area contributed by atoms with E-state index in [1.54, 1.807) is 31.1 Å². The van der Waals surface area contributed by atoms with Crippen LogP contribution in [0.2, 0.25) is 0 Å². The molecule has 1 atom stereocenters. The Kier molecular flexibility index (Phi) is 4.20. The third-order valence-corrected chi connectivity index (χ3v) is 4.43. The van der Waals surface area contributed by atoms with E-state index in [-0.39, 0.29) is 23.9 Å². The van der Waals surface area contributed by atoms with Crippen molar-refractivity contribution in [3.8, 4) is 0 Å². The van der Waals surface area contributed by atoms with Crippen molar-refractivity contribution in [2.24, 2.45) is 0 Å². The van der Waals surface area contributed by atoms with Crippen LogP contribution in [0.15, 0.2) is 47.4 Å². The smallest absolute Gasteiger partial charge is 0.276 e. The van der Waals surface area contributed by atoms with E-state index in [4.69, 9.17) is 0 Å². The molecule has 0 radical (unpaired) electrons. The average molecular weight is 324 g/mol. The molecule has 2 heterocycles. The van der Waals surface area contributed by atoms with Gasteiger partial charge in [0, 0.05) is 30.6 Å². The van der Waals surface area contributed by atoms with Crippen LogP contribution in [-0.2, 0) is 11.2 Å². The van der Waals surface area contributed by atoms with Crippen molar-refractivity contribution >= 4 is 11.6 Å². The maximum atomic E-state index is 12.6.